The summed E-state index contributed by atoms with van der Waals surface area (Å²) in [4.78, 5) is 27.4. The lowest BCUT2D eigenvalue weighted by atomic mass is 9.94. The van der Waals surface area contributed by atoms with Crippen LogP contribution in [-0.4, -0.2) is 39.6 Å². The average molecular weight is 433 g/mol. The Morgan fingerprint density at radius 3 is 2.22 bits per heavy atom. The number of rotatable bonds is 6. The molecule has 0 aliphatic rings. The second-order valence-electron chi connectivity index (χ2n) is 8.99. The Kier molecular flexibility index (Phi) is 6.82. The fourth-order valence-electron chi connectivity index (χ4n) is 3.72. The number of aromatic nitrogens is 2. The van der Waals surface area contributed by atoms with E-state index in [1.165, 1.54) is 0 Å². The number of hydrogen-bond donors (Lipinski definition) is 1. The van der Waals surface area contributed by atoms with E-state index in [1.54, 1.807) is 9.58 Å². The van der Waals surface area contributed by atoms with Crippen molar-refractivity contribution < 1.29 is 9.59 Å². The van der Waals surface area contributed by atoms with Crippen LogP contribution in [0, 0.1) is 19.3 Å². The molecule has 2 amide bonds. The highest BCUT2D eigenvalue weighted by atomic mass is 16.2. The third-order valence-corrected chi connectivity index (χ3v) is 5.37. The number of likely N-dealkylation sites (N-methyl/N-ethyl adjacent to an activating group) is 1. The first-order valence-electron chi connectivity index (χ1n) is 10.9. The maximum Gasteiger partial charge on any atom is 0.245 e. The number of aryl methyl sites for hydroxylation is 2. The highest BCUT2D eigenvalue weighted by Crippen LogP contribution is 2.34. The minimum atomic E-state index is -0.551. The molecule has 1 N–H and O–H groups in total. The van der Waals surface area contributed by atoms with Crippen LogP contribution in [0.1, 0.15) is 39.0 Å². The molecule has 6 heteroatoms. The maximum absolute atomic E-state index is 13.1. The molecule has 0 unspecified atom stereocenters. The Balaban J connectivity index is 2.03. The molecular formula is C26H32N4O2. The van der Waals surface area contributed by atoms with E-state index in [9.17, 15) is 9.59 Å². The Morgan fingerprint density at radius 2 is 1.62 bits per heavy atom. The van der Waals surface area contributed by atoms with Gasteiger partial charge in [-0.25, -0.2) is 4.68 Å². The van der Waals surface area contributed by atoms with E-state index in [0.29, 0.717) is 12.4 Å². The quantitative estimate of drug-likeness (QED) is 0.597. The Labute approximate surface area is 190 Å². The molecule has 32 heavy (non-hydrogen) atoms. The number of nitrogens with one attached hydrogen (secondary N) is 1. The van der Waals surface area contributed by atoms with Crippen molar-refractivity contribution >= 4 is 17.6 Å². The van der Waals surface area contributed by atoms with Gasteiger partial charge in [-0.1, -0.05) is 69.3 Å². The number of amides is 2. The molecule has 3 rings (SSSR count). The number of anilines is 1. The van der Waals surface area contributed by atoms with E-state index < -0.39 is 5.41 Å². The summed E-state index contributed by atoms with van der Waals surface area (Å²) in [7, 11) is 0. The van der Waals surface area contributed by atoms with Crippen molar-refractivity contribution in [2.24, 2.45) is 5.41 Å². The van der Waals surface area contributed by atoms with Crippen molar-refractivity contribution in [2.45, 2.75) is 41.5 Å². The van der Waals surface area contributed by atoms with Crippen LogP contribution in [0.5, 0.6) is 0 Å². The normalized spacial score (nSPS) is 11.3. The third-order valence-electron chi connectivity index (χ3n) is 5.37. The predicted octanol–water partition coefficient (Wildman–Crippen LogP) is 4.99. The van der Waals surface area contributed by atoms with Gasteiger partial charge in [-0.3, -0.25) is 9.59 Å². The lowest BCUT2D eigenvalue weighted by molar-refractivity contribution is -0.141. The number of hydrogen-bond acceptors (Lipinski definition) is 3. The van der Waals surface area contributed by atoms with Gasteiger partial charge in [-0.2, -0.15) is 5.10 Å². The van der Waals surface area contributed by atoms with Crippen molar-refractivity contribution in [1.29, 1.82) is 0 Å². The largest absolute Gasteiger partial charge is 0.333 e. The highest BCUT2D eigenvalue weighted by Gasteiger charge is 2.28. The first-order valence-corrected chi connectivity index (χ1v) is 10.9. The van der Waals surface area contributed by atoms with Crippen molar-refractivity contribution in [3.05, 3.63) is 65.9 Å². The van der Waals surface area contributed by atoms with Gasteiger partial charge in [0, 0.05) is 17.5 Å². The van der Waals surface area contributed by atoms with E-state index in [1.807, 2.05) is 96.1 Å². The van der Waals surface area contributed by atoms with Gasteiger partial charge in [-0.05, 0) is 38.0 Å². The van der Waals surface area contributed by atoms with Gasteiger partial charge in [0.05, 0.1) is 17.9 Å². The fourth-order valence-corrected chi connectivity index (χ4v) is 3.72. The average Bonchev–Trinajstić information content (AvgIpc) is 3.07. The van der Waals surface area contributed by atoms with Crippen LogP contribution in [0.3, 0.4) is 0 Å². The van der Waals surface area contributed by atoms with E-state index in [4.69, 9.17) is 5.10 Å². The van der Waals surface area contributed by atoms with Crippen LogP contribution in [0.2, 0.25) is 0 Å². The van der Waals surface area contributed by atoms with Crippen LogP contribution in [0.4, 0.5) is 5.82 Å². The van der Waals surface area contributed by atoms with Crippen molar-refractivity contribution in [1.82, 2.24) is 14.7 Å². The zero-order chi connectivity index (χ0) is 23.5. The summed E-state index contributed by atoms with van der Waals surface area (Å²) in [5.41, 5.74) is 4.04. The smallest absolute Gasteiger partial charge is 0.245 e. The van der Waals surface area contributed by atoms with Gasteiger partial charge in [0.15, 0.2) is 0 Å². The van der Waals surface area contributed by atoms with Crippen molar-refractivity contribution in [3.8, 4) is 16.8 Å². The zero-order valence-electron chi connectivity index (χ0n) is 19.8. The lowest BCUT2D eigenvalue weighted by Gasteiger charge is -2.28. The minimum Gasteiger partial charge on any atom is -0.333 e. The molecule has 0 radical (unpaired) electrons. The second-order valence-corrected chi connectivity index (χ2v) is 8.99. The molecule has 0 bridgehead atoms. The lowest BCUT2D eigenvalue weighted by Crippen LogP contribution is -2.43. The first kappa shape index (κ1) is 23.3. The number of benzene rings is 2. The van der Waals surface area contributed by atoms with Gasteiger partial charge >= 0.3 is 0 Å². The Bertz CT molecular complexity index is 1110. The molecular weight excluding hydrogens is 400 g/mol. The van der Waals surface area contributed by atoms with Gasteiger partial charge in [-0.15, -0.1) is 0 Å². The monoisotopic (exact) mass is 432 g/mol. The molecule has 168 valence electrons. The van der Waals surface area contributed by atoms with Crippen LogP contribution in [-0.2, 0) is 9.59 Å². The first-order chi connectivity index (χ1) is 15.1. The van der Waals surface area contributed by atoms with Gasteiger partial charge in [0.2, 0.25) is 11.8 Å². The van der Waals surface area contributed by atoms with Crippen molar-refractivity contribution in [2.75, 3.05) is 18.4 Å². The molecule has 0 saturated heterocycles. The minimum absolute atomic E-state index is 0.0150. The Hall–Kier alpha value is -3.41. The molecule has 1 aromatic heterocycles. The summed E-state index contributed by atoms with van der Waals surface area (Å²) in [5, 5.41) is 7.83. The zero-order valence-corrected chi connectivity index (χ0v) is 19.8. The summed E-state index contributed by atoms with van der Waals surface area (Å²) in [6.07, 6.45) is 0. The van der Waals surface area contributed by atoms with E-state index >= 15 is 0 Å². The van der Waals surface area contributed by atoms with Crippen LogP contribution >= 0.6 is 0 Å². The highest BCUT2D eigenvalue weighted by molar-refractivity contribution is 5.98. The number of carbonyl (C=O) groups excluding carboxylic acids is 2. The van der Waals surface area contributed by atoms with E-state index in [2.05, 4.69) is 5.32 Å². The maximum atomic E-state index is 13.1. The van der Waals surface area contributed by atoms with Crippen LogP contribution < -0.4 is 5.32 Å². The van der Waals surface area contributed by atoms with Gasteiger partial charge in [0.1, 0.15) is 5.82 Å². The molecule has 0 saturated carbocycles. The van der Waals surface area contributed by atoms with Crippen LogP contribution in [0.15, 0.2) is 54.6 Å². The van der Waals surface area contributed by atoms with Crippen LogP contribution in [0.25, 0.3) is 16.8 Å². The summed E-state index contributed by atoms with van der Waals surface area (Å²) >= 11 is 0. The molecule has 0 fully saturated rings. The third kappa shape index (κ3) is 4.90. The van der Waals surface area contributed by atoms with E-state index in [0.717, 1.165) is 28.1 Å². The summed E-state index contributed by atoms with van der Waals surface area (Å²) < 4.78 is 1.78. The van der Waals surface area contributed by atoms with E-state index in [-0.39, 0.29) is 18.4 Å². The number of para-hydroxylation sites is 1. The van der Waals surface area contributed by atoms with Gasteiger partial charge < -0.3 is 10.2 Å². The Morgan fingerprint density at radius 1 is 1.00 bits per heavy atom. The predicted molar refractivity (Wildman–Crippen MR) is 129 cm³/mol. The molecule has 3 aromatic rings. The van der Waals surface area contributed by atoms with Crippen molar-refractivity contribution in [3.63, 3.8) is 0 Å². The fraction of sp³-hybridized carbons (Fsp3) is 0.346. The molecule has 0 aliphatic heterocycles. The SMILES string of the molecule is CCN(CC(=O)Nc1c(-c2ccccc2)c(C)nn1-c1ccccc1C)C(=O)C(C)(C)C. The number of nitrogens with zero attached hydrogens (tertiary/aromatic N) is 3. The summed E-state index contributed by atoms with van der Waals surface area (Å²) in [5.74, 6) is 0.297. The summed E-state index contributed by atoms with van der Waals surface area (Å²) in [6.45, 7) is 11.9. The topological polar surface area (TPSA) is 67.2 Å². The second kappa shape index (κ2) is 9.39. The molecule has 0 atom stereocenters. The molecule has 1 heterocycles. The summed E-state index contributed by atoms with van der Waals surface area (Å²) in [6, 6.07) is 17.8. The molecule has 2 aromatic carbocycles. The molecule has 0 aliphatic carbocycles. The molecule has 0 spiro atoms. The molecule has 6 nitrogen and oxygen atoms in total. The number of carbonyl (C=O) groups is 2. The standard InChI is InChI=1S/C26H32N4O2/c1-7-29(25(32)26(4,5)6)17-22(31)27-24-23(20-14-9-8-10-15-20)19(3)28-30(24)21-16-12-11-13-18(21)2/h8-16H,7,17H2,1-6H3,(H,27,31). The van der Waals surface area contributed by atoms with Gasteiger partial charge in [0.25, 0.3) is 0 Å².